The fourth-order valence-electron chi connectivity index (χ4n) is 5.01. The first-order valence-corrected chi connectivity index (χ1v) is 12.4. The first kappa shape index (κ1) is 21.9. The number of fused-ring (bicyclic) bond motifs is 2. The molecule has 0 saturated carbocycles. The maximum atomic E-state index is 13.1. The van der Waals surface area contributed by atoms with Gasteiger partial charge in [0.25, 0.3) is 11.8 Å². The van der Waals surface area contributed by atoms with Gasteiger partial charge in [-0.05, 0) is 36.8 Å². The van der Waals surface area contributed by atoms with E-state index in [0.29, 0.717) is 66.0 Å². The van der Waals surface area contributed by atoms with E-state index in [9.17, 15) is 14.7 Å². The van der Waals surface area contributed by atoms with E-state index in [4.69, 9.17) is 15.7 Å². The number of aliphatic hydroxyl groups is 1. The largest absolute Gasteiger partial charge is 0.396 e. The third-order valence-corrected chi connectivity index (χ3v) is 7.83. The van der Waals surface area contributed by atoms with Crippen molar-refractivity contribution in [2.24, 2.45) is 5.73 Å². The lowest BCUT2D eigenvalue weighted by atomic mass is 9.86. The Morgan fingerprint density at radius 2 is 1.83 bits per heavy atom. The Morgan fingerprint density at radius 1 is 1.06 bits per heavy atom. The van der Waals surface area contributed by atoms with Crippen LogP contribution in [0.5, 0.6) is 0 Å². The second-order valence-electron chi connectivity index (χ2n) is 9.11. The number of H-pyrrole nitrogens is 1. The summed E-state index contributed by atoms with van der Waals surface area (Å²) in [7, 11) is 0. The lowest BCUT2D eigenvalue weighted by Crippen LogP contribution is -2.51. The average molecular weight is 489 g/mol. The molecule has 6 rings (SSSR count). The molecule has 1 fully saturated rings. The molecule has 4 aromatic rings. The molecule has 2 aliphatic heterocycles. The van der Waals surface area contributed by atoms with Crippen molar-refractivity contribution in [2.45, 2.75) is 24.8 Å². The molecular weight excluding hydrogens is 464 g/mol. The molecule has 5 heterocycles. The summed E-state index contributed by atoms with van der Waals surface area (Å²) in [6, 6.07) is 9.45. The predicted molar refractivity (Wildman–Crippen MR) is 136 cm³/mol. The Kier molecular flexibility index (Phi) is 5.17. The third-order valence-electron chi connectivity index (χ3n) is 6.98. The highest BCUT2D eigenvalue weighted by Gasteiger charge is 2.36. The Labute approximate surface area is 204 Å². The smallest absolute Gasteiger partial charge is 0.261 e. The van der Waals surface area contributed by atoms with E-state index in [1.54, 1.807) is 17.5 Å². The molecule has 0 unspecified atom stereocenters. The van der Waals surface area contributed by atoms with Crippen LogP contribution >= 0.6 is 11.3 Å². The standard InChI is InChI=1S/C25H24N6O3S/c26-25(8-11-32)6-9-31(10-7-25)24-28-17-4-2-1-3-15(17)20(29-24)19-18(21(33)30-22(19)34)16-13-27-23-14(16)5-12-35-23/h1-5,12-13,27,32H,6-11,26H2,(H,30,33,34). The van der Waals surface area contributed by atoms with Gasteiger partial charge in [-0.15, -0.1) is 11.3 Å². The zero-order valence-corrected chi connectivity index (χ0v) is 19.7. The number of aromatic nitrogens is 3. The zero-order chi connectivity index (χ0) is 24.2. The van der Waals surface area contributed by atoms with E-state index >= 15 is 0 Å². The van der Waals surface area contributed by atoms with Gasteiger partial charge in [0, 0.05) is 47.8 Å². The number of hydrogen-bond acceptors (Lipinski definition) is 8. The average Bonchev–Trinajstić information content (AvgIpc) is 3.53. The van der Waals surface area contributed by atoms with Crippen molar-refractivity contribution in [3.8, 4) is 0 Å². The molecule has 0 radical (unpaired) electrons. The van der Waals surface area contributed by atoms with Gasteiger partial charge in [0.05, 0.1) is 22.4 Å². The highest BCUT2D eigenvalue weighted by Crippen LogP contribution is 2.38. The van der Waals surface area contributed by atoms with Crippen LogP contribution in [-0.2, 0) is 9.59 Å². The number of aromatic amines is 1. The highest BCUT2D eigenvalue weighted by molar-refractivity contribution is 7.16. The van der Waals surface area contributed by atoms with Gasteiger partial charge >= 0.3 is 0 Å². The van der Waals surface area contributed by atoms with E-state index in [0.717, 1.165) is 10.2 Å². The predicted octanol–water partition coefficient (Wildman–Crippen LogP) is 2.42. The number of amides is 2. The number of benzene rings is 1. The number of hydrogen-bond donors (Lipinski definition) is 4. The summed E-state index contributed by atoms with van der Waals surface area (Å²) >= 11 is 1.54. The summed E-state index contributed by atoms with van der Waals surface area (Å²) in [5.74, 6) is -0.401. The van der Waals surface area contributed by atoms with Crippen molar-refractivity contribution in [2.75, 3.05) is 24.6 Å². The molecule has 3 aromatic heterocycles. The van der Waals surface area contributed by atoms with Crippen LogP contribution in [0.25, 0.3) is 32.3 Å². The normalized spacial score (nSPS) is 18.2. The van der Waals surface area contributed by atoms with Crippen molar-refractivity contribution in [1.29, 1.82) is 0 Å². The van der Waals surface area contributed by atoms with Crippen molar-refractivity contribution in [1.82, 2.24) is 20.3 Å². The maximum Gasteiger partial charge on any atom is 0.261 e. The Hall–Kier alpha value is -3.60. The topological polar surface area (TPSA) is 137 Å². The second kappa shape index (κ2) is 8.26. The first-order chi connectivity index (χ1) is 17.0. The number of nitrogens with zero attached hydrogens (tertiary/aromatic N) is 3. The third kappa shape index (κ3) is 3.61. The Bertz CT molecular complexity index is 1510. The van der Waals surface area contributed by atoms with Gasteiger partial charge in [-0.2, -0.15) is 0 Å². The first-order valence-electron chi connectivity index (χ1n) is 11.5. The van der Waals surface area contributed by atoms with Crippen LogP contribution in [-0.4, -0.2) is 57.1 Å². The number of rotatable bonds is 5. The molecule has 0 bridgehead atoms. The van der Waals surface area contributed by atoms with Gasteiger partial charge in [-0.1, -0.05) is 18.2 Å². The van der Waals surface area contributed by atoms with Crippen LogP contribution in [0.3, 0.4) is 0 Å². The van der Waals surface area contributed by atoms with Crippen molar-refractivity contribution < 1.29 is 14.7 Å². The zero-order valence-electron chi connectivity index (χ0n) is 18.9. The van der Waals surface area contributed by atoms with E-state index < -0.39 is 17.4 Å². The number of carbonyl (C=O) groups excluding carboxylic acids is 2. The number of imide groups is 1. The van der Waals surface area contributed by atoms with Gasteiger partial charge < -0.3 is 20.7 Å². The van der Waals surface area contributed by atoms with Crippen LogP contribution in [0, 0.1) is 0 Å². The molecule has 5 N–H and O–H groups in total. The Balaban J connectivity index is 1.51. The monoisotopic (exact) mass is 488 g/mol. The molecular formula is C25H24N6O3S. The summed E-state index contributed by atoms with van der Waals surface area (Å²) in [6.07, 6.45) is 3.72. The fraction of sp³-hybridized carbons (Fsp3) is 0.280. The van der Waals surface area contributed by atoms with E-state index in [1.165, 1.54) is 0 Å². The van der Waals surface area contributed by atoms with Crippen molar-refractivity contribution >= 4 is 61.4 Å². The second-order valence-corrected chi connectivity index (χ2v) is 10.0. The number of aliphatic hydroxyl groups excluding tert-OH is 1. The quantitative estimate of drug-likeness (QED) is 0.317. The van der Waals surface area contributed by atoms with Gasteiger partial charge in [-0.3, -0.25) is 14.9 Å². The number of piperidine rings is 1. The molecule has 1 aromatic carbocycles. The number of thiophene rings is 1. The van der Waals surface area contributed by atoms with Gasteiger partial charge in [0.1, 0.15) is 4.83 Å². The van der Waals surface area contributed by atoms with E-state index in [-0.39, 0.29) is 12.2 Å². The van der Waals surface area contributed by atoms with Gasteiger partial charge in [-0.25, -0.2) is 9.97 Å². The number of nitrogens with one attached hydrogen (secondary N) is 2. The fourth-order valence-corrected chi connectivity index (χ4v) is 5.79. The highest BCUT2D eigenvalue weighted by atomic mass is 32.1. The molecule has 0 aliphatic carbocycles. The van der Waals surface area contributed by atoms with E-state index in [1.807, 2.05) is 35.7 Å². The van der Waals surface area contributed by atoms with Crippen molar-refractivity contribution in [3.05, 3.63) is 53.2 Å². The summed E-state index contributed by atoms with van der Waals surface area (Å²) in [5, 5.41) is 15.4. The molecule has 0 atom stereocenters. The number of anilines is 1. The van der Waals surface area contributed by atoms with Crippen LogP contribution in [0.4, 0.5) is 5.95 Å². The summed E-state index contributed by atoms with van der Waals surface area (Å²) in [4.78, 5) is 42.0. The molecule has 2 amide bonds. The molecule has 1 saturated heterocycles. The lowest BCUT2D eigenvalue weighted by molar-refractivity contribution is -0.122. The van der Waals surface area contributed by atoms with Gasteiger partial charge in [0.2, 0.25) is 5.95 Å². The van der Waals surface area contributed by atoms with Crippen LogP contribution in [0.1, 0.15) is 30.5 Å². The van der Waals surface area contributed by atoms with Crippen LogP contribution < -0.4 is 16.0 Å². The number of carbonyl (C=O) groups is 2. The summed E-state index contributed by atoms with van der Waals surface area (Å²) < 4.78 is 0. The number of nitrogens with two attached hydrogens (primary N) is 1. The lowest BCUT2D eigenvalue weighted by Gasteiger charge is -2.39. The number of para-hydroxylation sites is 1. The minimum atomic E-state index is -0.466. The molecule has 9 nitrogen and oxygen atoms in total. The summed E-state index contributed by atoms with van der Waals surface area (Å²) in [6.45, 7) is 1.33. The molecule has 0 spiro atoms. The minimum Gasteiger partial charge on any atom is -0.396 e. The maximum absolute atomic E-state index is 13.1. The van der Waals surface area contributed by atoms with E-state index in [2.05, 4.69) is 15.2 Å². The minimum absolute atomic E-state index is 0.0593. The Morgan fingerprint density at radius 3 is 2.63 bits per heavy atom. The molecule has 2 aliphatic rings. The SMILES string of the molecule is NC1(CCO)CCN(c2nc(C3=C(c4c[nH]c5sccc45)C(=O)NC3=O)c3ccccc3n2)CC1. The summed E-state index contributed by atoms with van der Waals surface area (Å²) in [5.41, 5.74) is 8.43. The van der Waals surface area contributed by atoms with Crippen LogP contribution in [0.2, 0.25) is 0 Å². The van der Waals surface area contributed by atoms with Crippen molar-refractivity contribution in [3.63, 3.8) is 0 Å². The van der Waals surface area contributed by atoms with Crippen LogP contribution in [0.15, 0.2) is 41.9 Å². The molecule has 35 heavy (non-hydrogen) atoms. The molecule has 178 valence electrons. The molecule has 10 heteroatoms. The van der Waals surface area contributed by atoms with Gasteiger partial charge in [0.15, 0.2) is 0 Å².